The van der Waals surface area contributed by atoms with Gasteiger partial charge in [0.25, 0.3) is 0 Å². The van der Waals surface area contributed by atoms with Crippen LogP contribution in [0.3, 0.4) is 0 Å². The molecule has 0 saturated heterocycles. The molecule has 3 aromatic carbocycles. The van der Waals surface area contributed by atoms with Crippen LogP contribution < -0.4 is 0 Å². The fourth-order valence-electron chi connectivity index (χ4n) is 4.57. The van der Waals surface area contributed by atoms with E-state index in [-0.39, 0.29) is 5.92 Å². The average molecular weight is 417 g/mol. The second-order valence-corrected chi connectivity index (χ2v) is 8.55. The molecule has 0 aliphatic heterocycles. The van der Waals surface area contributed by atoms with Gasteiger partial charge in [0.1, 0.15) is 0 Å². The van der Waals surface area contributed by atoms with Crippen molar-refractivity contribution >= 4 is 0 Å². The smallest absolute Gasteiger partial charge is 0.166 e. The van der Waals surface area contributed by atoms with E-state index in [0.717, 1.165) is 37.7 Å². The third-order valence-corrected chi connectivity index (χ3v) is 6.50. The minimum atomic E-state index is -0.744. The van der Waals surface area contributed by atoms with Gasteiger partial charge >= 0.3 is 0 Å². The Morgan fingerprint density at radius 2 is 1.35 bits per heavy atom. The van der Waals surface area contributed by atoms with E-state index in [0.29, 0.717) is 17.0 Å². The van der Waals surface area contributed by atoms with Crippen LogP contribution in [-0.4, -0.2) is 0 Å². The molecule has 0 saturated carbocycles. The minimum absolute atomic E-state index is 0.0818. The summed E-state index contributed by atoms with van der Waals surface area (Å²) in [6.45, 7) is 4.28. The van der Waals surface area contributed by atoms with Crippen molar-refractivity contribution in [3.63, 3.8) is 0 Å². The summed E-state index contributed by atoms with van der Waals surface area (Å²) < 4.78 is 30.0. The van der Waals surface area contributed by atoms with Crippen LogP contribution in [0.2, 0.25) is 0 Å². The van der Waals surface area contributed by atoms with Crippen molar-refractivity contribution < 1.29 is 8.78 Å². The van der Waals surface area contributed by atoms with E-state index in [9.17, 15) is 4.39 Å². The van der Waals surface area contributed by atoms with Crippen molar-refractivity contribution in [1.29, 1.82) is 0 Å². The Bertz CT molecular complexity index is 1050. The zero-order chi connectivity index (χ0) is 21.8. The van der Waals surface area contributed by atoms with Gasteiger partial charge in [0.15, 0.2) is 11.6 Å². The molecular formula is C29H30F2. The van der Waals surface area contributed by atoms with E-state index in [1.165, 1.54) is 16.7 Å². The first-order valence-electron chi connectivity index (χ1n) is 11.4. The normalized spacial score (nSPS) is 18.3. The van der Waals surface area contributed by atoms with Gasteiger partial charge in [0.05, 0.1) is 0 Å². The zero-order valence-corrected chi connectivity index (χ0v) is 18.4. The molecule has 0 radical (unpaired) electrons. The number of halogens is 2. The molecule has 0 amide bonds. The Balaban J connectivity index is 1.53. The van der Waals surface area contributed by atoms with Crippen LogP contribution in [0.15, 0.2) is 72.8 Å². The molecule has 2 heteroatoms. The lowest BCUT2D eigenvalue weighted by Crippen LogP contribution is -2.09. The fourth-order valence-corrected chi connectivity index (χ4v) is 4.57. The molecular weight excluding hydrogens is 386 g/mol. The Labute approximate surface area is 184 Å². The minimum Gasteiger partial charge on any atom is -0.203 e. The van der Waals surface area contributed by atoms with E-state index in [1.807, 2.05) is 24.3 Å². The highest BCUT2D eigenvalue weighted by atomic mass is 19.2. The van der Waals surface area contributed by atoms with Crippen molar-refractivity contribution in [2.24, 2.45) is 0 Å². The predicted molar refractivity (Wildman–Crippen MR) is 125 cm³/mol. The van der Waals surface area contributed by atoms with Crippen molar-refractivity contribution in [2.45, 2.75) is 57.8 Å². The highest BCUT2D eigenvalue weighted by Crippen LogP contribution is 2.38. The Morgan fingerprint density at radius 3 is 1.97 bits per heavy atom. The maximum atomic E-state index is 15.0. The zero-order valence-electron chi connectivity index (χ0n) is 18.4. The van der Waals surface area contributed by atoms with Gasteiger partial charge in [-0.15, -0.1) is 0 Å². The Hall–Kier alpha value is -2.74. The third kappa shape index (κ3) is 4.63. The SMILES string of the molecule is CCCc1ccc(-c2ccc(C3C=CC(c4ccc(CC)cc4)CC3)c(F)c2F)cc1. The summed E-state index contributed by atoms with van der Waals surface area (Å²) in [6.07, 6.45) is 9.06. The van der Waals surface area contributed by atoms with E-state index >= 15 is 4.39 Å². The summed E-state index contributed by atoms with van der Waals surface area (Å²) in [4.78, 5) is 0. The van der Waals surface area contributed by atoms with Crippen molar-refractivity contribution in [2.75, 3.05) is 0 Å². The second-order valence-electron chi connectivity index (χ2n) is 8.55. The number of hydrogen-bond acceptors (Lipinski definition) is 0. The molecule has 0 N–H and O–H groups in total. The Morgan fingerprint density at radius 1 is 0.710 bits per heavy atom. The number of aryl methyl sites for hydroxylation is 2. The summed E-state index contributed by atoms with van der Waals surface area (Å²) in [5.74, 6) is -1.19. The second kappa shape index (κ2) is 9.60. The third-order valence-electron chi connectivity index (χ3n) is 6.50. The van der Waals surface area contributed by atoms with Crippen LogP contribution in [0.4, 0.5) is 8.78 Å². The van der Waals surface area contributed by atoms with Gasteiger partial charge in [-0.25, -0.2) is 8.78 Å². The van der Waals surface area contributed by atoms with Gasteiger partial charge in [-0.2, -0.15) is 0 Å². The molecule has 2 unspecified atom stereocenters. The van der Waals surface area contributed by atoms with Crippen LogP contribution in [0.5, 0.6) is 0 Å². The maximum Gasteiger partial charge on any atom is 0.166 e. The first-order valence-corrected chi connectivity index (χ1v) is 11.4. The van der Waals surface area contributed by atoms with Crippen LogP contribution in [0.25, 0.3) is 11.1 Å². The van der Waals surface area contributed by atoms with Crippen molar-refractivity contribution in [3.05, 3.63) is 107 Å². The Kier molecular flexibility index (Phi) is 6.65. The van der Waals surface area contributed by atoms with E-state index in [1.54, 1.807) is 12.1 Å². The number of benzene rings is 3. The molecule has 1 aliphatic carbocycles. The van der Waals surface area contributed by atoms with Gasteiger partial charge in [-0.1, -0.05) is 93.1 Å². The van der Waals surface area contributed by atoms with E-state index in [4.69, 9.17) is 0 Å². The van der Waals surface area contributed by atoms with Crippen LogP contribution >= 0.6 is 0 Å². The van der Waals surface area contributed by atoms with Gasteiger partial charge in [-0.3, -0.25) is 0 Å². The molecule has 0 heterocycles. The number of hydrogen-bond donors (Lipinski definition) is 0. The maximum absolute atomic E-state index is 15.0. The highest BCUT2D eigenvalue weighted by molar-refractivity contribution is 5.65. The summed E-state index contributed by atoms with van der Waals surface area (Å²) in [5, 5.41) is 0. The van der Waals surface area contributed by atoms with Gasteiger partial charge in [0, 0.05) is 17.4 Å². The quantitative estimate of drug-likeness (QED) is 0.354. The van der Waals surface area contributed by atoms with Crippen molar-refractivity contribution in [3.8, 4) is 11.1 Å². The largest absolute Gasteiger partial charge is 0.203 e. The molecule has 31 heavy (non-hydrogen) atoms. The van der Waals surface area contributed by atoms with Gasteiger partial charge < -0.3 is 0 Å². The molecule has 160 valence electrons. The summed E-state index contributed by atoms with van der Waals surface area (Å²) in [5.41, 5.74) is 5.35. The van der Waals surface area contributed by atoms with Crippen LogP contribution in [0.1, 0.15) is 67.2 Å². The van der Waals surface area contributed by atoms with E-state index in [2.05, 4.69) is 50.3 Å². The number of allylic oxidation sites excluding steroid dienone is 2. The molecule has 0 bridgehead atoms. The van der Waals surface area contributed by atoms with Gasteiger partial charge in [-0.05, 0) is 53.5 Å². The van der Waals surface area contributed by atoms with Crippen LogP contribution in [-0.2, 0) is 12.8 Å². The lowest BCUT2D eigenvalue weighted by molar-refractivity contribution is 0.487. The molecule has 0 nitrogen and oxygen atoms in total. The monoisotopic (exact) mass is 416 g/mol. The molecule has 0 fully saturated rings. The van der Waals surface area contributed by atoms with Crippen molar-refractivity contribution in [1.82, 2.24) is 0 Å². The lowest BCUT2D eigenvalue weighted by atomic mass is 9.81. The molecule has 1 aliphatic rings. The lowest BCUT2D eigenvalue weighted by Gasteiger charge is -2.24. The first-order chi connectivity index (χ1) is 15.1. The average Bonchev–Trinajstić information content (AvgIpc) is 2.82. The topological polar surface area (TPSA) is 0 Å². The van der Waals surface area contributed by atoms with Gasteiger partial charge in [0.2, 0.25) is 0 Å². The molecule has 0 spiro atoms. The molecule has 3 aromatic rings. The molecule has 4 rings (SSSR count). The predicted octanol–water partition coefficient (Wildman–Crippen LogP) is 8.36. The molecule has 2 atom stereocenters. The molecule has 0 aromatic heterocycles. The van der Waals surface area contributed by atoms with E-state index < -0.39 is 11.6 Å². The number of rotatable bonds is 6. The standard InChI is InChI=1S/C29H30F2/c1-3-5-21-8-12-24(13-9-21)26-18-19-27(29(31)28(26)30)25-16-14-23(15-17-25)22-10-6-20(4-2)7-11-22/h6-14,16,18-19,23,25H,3-5,15,17H2,1-2H3. The summed E-state index contributed by atoms with van der Waals surface area (Å²) >= 11 is 0. The van der Waals surface area contributed by atoms with Crippen LogP contribution in [0, 0.1) is 11.6 Å². The summed E-state index contributed by atoms with van der Waals surface area (Å²) in [6, 6.07) is 20.0. The highest BCUT2D eigenvalue weighted by Gasteiger charge is 2.23. The summed E-state index contributed by atoms with van der Waals surface area (Å²) in [7, 11) is 0. The first kappa shape index (κ1) is 21.5. The fraction of sp³-hybridized carbons (Fsp3) is 0.310.